The summed E-state index contributed by atoms with van der Waals surface area (Å²) in [4.78, 5) is 4.02. The normalized spacial score (nSPS) is 11.3. The second kappa shape index (κ2) is 6.08. The molecule has 0 aliphatic heterocycles. The van der Waals surface area contributed by atoms with E-state index in [1.807, 2.05) is 57.2 Å². The molecule has 3 rings (SSSR count). The molecule has 6 nitrogen and oxygen atoms in total. The van der Waals surface area contributed by atoms with Crippen LogP contribution in [-0.4, -0.2) is 20.8 Å². The predicted octanol–water partition coefficient (Wildman–Crippen LogP) is 4.05. The Morgan fingerprint density at radius 1 is 1.04 bits per heavy atom. The molecule has 23 heavy (non-hydrogen) atoms. The van der Waals surface area contributed by atoms with E-state index >= 15 is 0 Å². The molecule has 3 aromatic rings. The molecule has 0 amide bonds. The van der Waals surface area contributed by atoms with Crippen molar-refractivity contribution in [1.29, 1.82) is 0 Å². The van der Waals surface area contributed by atoms with Crippen LogP contribution in [0.15, 0.2) is 53.2 Å². The molecular weight excluding hydrogens is 292 g/mol. The lowest BCUT2D eigenvalue weighted by Gasteiger charge is -2.21. The number of aromatic nitrogens is 3. The SMILES string of the molecule is CC(C)(C)Oc1ccc(-c2nnc(Nc3cccnc3)o2)cc1. The standard InChI is InChI=1S/C17H18N4O2/c1-17(2,3)23-14-8-6-12(7-9-14)15-20-21-16(22-15)19-13-5-4-10-18-11-13/h4-11H,1-3H3,(H,19,21). The van der Waals surface area contributed by atoms with Gasteiger partial charge in [0.05, 0.1) is 11.9 Å². The average Bonchev–Trinajstić information content (AvgIpc) is 2.96. The van der Waals surface area contributed by atoms with Gasteiger partial charge in [0, 0.05) is 11.8 Å². The Morgan fingerprint density at radius 3 is 2.48 bits per heavy atom. The van der Waals surface area contributed by atoms with Crippen molar-refractivity contribution in [2.45, 2.75) is 26.4 Å². The molecule has 0 aliphatic carbocycles. The maximum atomic E-state index is 5.79. The highest BCUT2D eigenvalue weighted by Crippen LogP contribution is 2.25. The molecule has 0 atom stereocenters. The van der Waals surface area contributed by atoms with E-state index in [-0.39, 0.29) is 5.60 Å². The Balaban J connectivity index is 1.73. The van der Waals surface area contributed by atoms with Gasteiger partial charge < -0.3 is 14.5 Å². The molecule has 2 heterocycles. The van der Waals surface area contributed by atoms with Crippen LogP contribution in [0, 0.1) is 0 Å². The topological polar surface area (TPSA) is 73.1 Å². The van der Waals surface area contributed by atoms with Crippen molar-refractivity contribution < 1.29 is 9.15 Å². The van der Waals surface area contributed by atoms with Crippen molar-refractivity contribution in [1.82, 2.24) is 15.2 Å². The lowest BCUT2D eigenvalue weighted by molar-refractivity contribution is 0.131. The first kappa shape index (κ1) is 15.0. The van der Waals surface area contributed by atoms with Gasteiger partial charge in [-0.2, -0.15) is 0 Å². The third-order valence-electron chi connectivity index (χ3n) is 2.86. The molecule has 0 aliphatic rings. The number of benzene rings is 1. The highest BCUT2D eigenvalue weighted by molar-refractivity contribution is 5.56. The molecule has 6 heteroatoms. The van der Waals surface area contributed by atoms with Crippen LogP contribution >= 0.6 is 0 Å². The largest absolute Gasteiger partial charge is 0.488 e. The first-order valence-corrected chi connectivity index (χ1v) is 7.30. The molecule has 1 N–H and O–H groups in total. The molecule has 0 radical (unpaired) electrons. The summed E-state index contributed by atoms with van der Waals surface area (Å²) in [7, 11) is 0. The van der Waals surface area contributed by atoms with Gasteiger partial charge in [0.25, 0.3) is 0 Å². The fourth-order valence-electron chi connectivity index (χ4n) is 1.97. The van der Waals surface area contributed by atoms with Crippen LogP contribution in [-0.2, 0) is 0 Å². The van der Waals surface area contributed by atoms with Gasteiger partial charge in [-0.3, -0.25) is 4.98 Å². The summed E-state index contributed by atoms with van der Waals surface area (Å²) in [6.45, 7) is 6.03. The molecule has 0 saturated carbocycles. The lowest BCUT2D eigenvalue weighted by Crippen LogP contribution is -2.22. The third-order valence-corrected chi connectivity index (χ3v) is 2.86. The van der Waals surface area contributed by atoms with Crippen LogP contribution in [0.3, 0.4) is 0 Å². The lowest BCUT2D eigenvalue weighted by atomic mass is 10.1. The minimum absolute atomic E-state index is 0.229. The Hall–Kier alpha value is -2.89. The monoisotopic (exact) mass is 310 g/mol. The third kappa shape index (κ3) is 4.06. The van der Waals surface area contributed by atoms with E-state index in [2.05, 4.69) is 20.5 Å². The van der Waals surface area contributed by atoms with Crippen LogP contribution in [0.5, 0.6) is 5.75 Å². The summed E-state index contributed by atoms with van der Waals surface area (Å²) in [5, 5.41) is 11.0. The van der Waals surface area contributed by atoms with Gasteiger partial charge in [-0.25, -0.2) is 0 Å². The average molecular weight is 310 g/mol. The van der Waals surface area contributed by atoms with Gasteiger partial charge >= 0.3 is 6.01 Å². The first-order chi connectivity index (χ1) is 11.0. The number of rotatable bonds is 4. The quantitative estimate of drug-likeness (QED) is 0.783. The fourth-order valence-corrected chi connectivity index (χ4v) is 1.97. The van der Waals surface area contributed by atoms with Crippen molar-refractivity contribution in [3.05, 3.63) is 48.8 Å². The Labute approximate surface area is 134 Å². The fraction of sp³-hybridized carbons (Fsp3) is 0.235. The zero-order valence-corrected chi connectivity index (χ0v) is 13.3. The molecule has 118 valence electrons. The highest BCUT2D eigenvalue weighted by Gasteiger charge is 2.13. The molecule has 0 saturated heterocycles. The van der Waals surface area contributed by atoms with E-state index in [4.69, 9.17) is 9.15 Å². The molecule has 1 aromatic carbocycles. The predicted molar refractivity (Wildman–Crippen MR) is 87.6 cm³/mol. The van der Waals surface area contributed by atoms with E-state index in [1.165, 1.54) is 0 Å². The summed E-state index contributed by atoms with van der Waals surface area (Å²) < 4.78 is 11.4. The Kier molecular flexibility index (Phi) is 3.97. The van der Waals surface area contributed by atoms with Crippen molar-refractivity contribution in [3.8, 4) is 17.2 Å². The minimum atomic E-state index is -0.229. The van der Waals surface area contributed by atoms with E-state index in [1.54, 1.807) is 12.4 Å². The maximum Gasteiger partial charge on any atom is 0.320 e. The van der Waals surface area contributed by atoms with E-state index in [0.717, 1.165) is 17.0 Å². The second-order valence-electron chi connectivity index (χ2n) is 6.02. The molecular formula is C17H18N4O2. The van der Waals surface area contributed by atoms with Crippen LogP contribution < -0.4 is 10.1 Å². The van der Waals surface area contributed by atoms with Crippen LogP contribution in [0.2, 0.25) is 0 Å². The highest BCUT2D eigenvalue weighted by atomic mass is 16.5. The van der Waals surface area contributed by atoms with Gasteiger partial charge in [-0.15, -0.1) is 5.10 Å². The number of anilines is 2. The van der Waals surface area contributed by atoms with Crippen LogP contribution in [0.25, 0.3) is 11.5 Å². The molecule has 0 bridgehead atoms. The summed E-state index contributed by atoms with van der Waals surface area (Å²) in [5.74, 6) is 1.24. The van der Waals surface area contributed by atoms with E-state index in [0.29, 0.717) is 11.9 Å². The molecule has 0 spiro atoms. The minimum Gasteiger partial charge on any atom is -0.488 e. The van der Waals surface area contributed by atoms with Gasteiger partial charge in [-0.05, 0) is 57.2 Å². The number of pyridine rings is 1. The van der Waals surface area contributed by atoms with E-state index < -0.39 is 0 Å². The molecule has 0 fully saturated rings. The zero-order valence-electron chi connectivity index (χ0n) is 13.3. The molecule has 0 unspecified atom stereocenters. The smallest absolute Gasteiger partial charge is 0.320 e. The Bertz CT molecular complexity index is 761. The van der Waals surface area contributed by atoms with Crippen molar-refractivity contribution in [2.24, 2.45) is 0 Å². The number of hydrogen-bond donors (Lipinski definition) is 1. The summed E-state index contributed by atoms with van der Waals surface area (Å²) in [6.07, 6.45) is 3.38. The summed E-state index contributed by atoms with van der Waals surface area (Å²) >= 11 is 0. The van der Waals surface area contributed by atoms with Gasteiger partial charge in [0.15, 0.2) is 0 Å². The van der Waals surface area contributed by atoms with Gasteiger partial charge in [0.1, 0.15) is 11.4 Å². The first-order valence-electron chi connectivity index (χ1n) is 7.30. The maximum absolute atomic E-state index is 5.79. The van der Waals surface area contributed by atoms with E-state index in [9.17, 15) is 0 Å². The van der Waals surface area contributed by atoms with Crippen molar-refractivity contribution in [3.63, 3.8) is 0 Å². The summed E-state index contributed by atoms with van der Waals surface area (Å²) in [6, 6.07) is 11.6. The number of hydrogen-bond acceptors (Lipinski definition) is 6. The van der Waals surface area contributed by atoms with Crippen LogP contribution in [0.1, 0.15) is 20.8 Å². The van der Waals surface area contributed by atoms with Crippen LogP contribution in [0.4, 0.5) is 11.7 Å². The summed E-state index contributed by atoms with van der Waals surface area (Å²) in [5.41, 5.74) is 1.39. The van der Waals surface area contributed by atoms with Gasteiger partial charge in [-0.1, -0.05) is 5.10 Å². The molecule has 2 aromatic heterocycles. The van der Waals surface area contributed by atoms with Crippen molar-refractivity contribution >= 4 is 11.7 Å². The second-order valence-corrected chi connectivity index (χ2v) is 6.02. The number of nitrogens with zero attached hydrogens (tertiary/aromatic N) is 3. The number of nitrogens with one attached hydrogen (secondary N) is 1. The Morgan fingerprint density at radius 2 is 1.83 bits per heavy atom. The zero-order chi connectivity index (χ0) is 16.3. The van der Waals surface area contributed by atoms with Crippen molar-refractivity contribution in [2.75, 3.05) is 5.32 Å². The van der Waals surface area contributed by atoms with Gasteiger partial charge in [0.2, 0.25) is 5.89 Å². The number of ether oxygens (including phenoxy) is 1.